The molecular formula is C8H16ClNO4. The van der Waals surface area contributed by atoms with Crippen LogP contribution >= 0.6 is 12.4 Å². The Kier molecular flexibility index (Phi) is 9.81. The van der Waals surface area contributed by atoms with Crippen molar-refractivity contribution >= 4 is 24.3 Å². The number of rotatable bonds is 6. The number of hydrogen-bond acceptors (Lipinski definition) is 4. The lowest BCUT2D eigenvalue weighted by atomic mass is 10.2. The van der Waals surface area contributed by atoms with Crippen LogP contribution < -0.4 is 5.73 Å². The summed E-state index contributed by atoms with van der Waals surface area (Å²) in [4.78, 5) is 21.1. The van der Waals surface area contributed by atoms with Gasteiger partial charge in [0.25, 0.3) is 0 Å². The van der Waals surface area contributed by atoms with Gasteiger partial charge in [-0.2, -0.15) is 0 Å². The van der Waals surface area contributed by atoms with Gasteiger partial charge in [0.1, 0.15) is 6.04 Å². The fraction of sp³-hybridized carbons (Fsp3) is 0.750. The van der Waals surface area contributed by atoms with Gasteiger partial charge in [0.2, 0.25) is 0 Å². The molecule has 0 rings (SSSR count). The zero-order chi connectivity index (χ0) is 10.3. The summed E-state index contributed by atoms with van der Waals surface area (Å²) >= 11 is 0. The lowest BCUT2D eigenvalue weighted by molar-refractivity contribution is -0.149. The number of nitrogens with two attached hydrogens (primary N) is 1. The first kappa shape index (κ1) is 15.7. The summed E-state index contributed by atoms with van der Waals surface area (Å²) in [6.45, 7) is 2.27. The summed E-state index contributed by atoms with van der Waals surface area (Å²) < 4.78 is 4.72. The molecular weight excluding hydrogens is 210 g/mol. The van der Waals surface area contributed by atoms with Crippen LogP contribution in [0.1, 0.15) is 26.2 Å². The highest BCUT2D eigenvalue weighted by Crippen LogP contribution is 1.94. The third kappa shape index (κ3) is 7.82. The van der Waals surface area contributed by atoms with Crippen LogP contribution in [0, 0.1) is 0 Å². The second-order valence-electron chi connectivity index (χ2n) is 2.73. The molecule has 0 aliphatic rings. The molecule has 3 N–H and O–H groups in total. The normalized spacial score (nSPS) is 11.3. The van der Waals surface area contributed by atoms with Crippen LogP contribution in [0.15, 0.2) is 0 Å². The van der Waals surface area contributed by atoms with E-state index in [-0.39, 0.29) is 18.8 Å². The zero-order valence-electron chi connectivity index (χ0n) is 8.06. The molecule has 84 valence electrons. The lowest BCUT2D eigenvalue weighted by Gasteiger charge is -2.08. The van der Waals surface area contributed by atoms with Gasteiger partial charge in [0, 0.05) is 0 Å². The largest absolute Gasteiger partial charge is 0.481 e. The second kappa shape index (κ2) is 8.77. The summed E-state index contributed by atoms with van der Waals surface area (Å²) in [6.07, 6.45) is 1.30. The maximum atomic E-state index is 10.9. The molecule has 0 aliphatic heterocycles. The van der Waals surface area contributed by atoms with Gasteiger partial charge >= 0.3 is 11.9 Å². The maximum absolute atomic E-state index is 10.9. The topological polar surface area (TPSA) is 89.6 Å². The predicted molar refractivity (Wildman–Crippen MR) is 53.3 cm³/mol. The van der Waals surface area contributed by atoms with Gasteiger partial charge in [-0.3, -0.25) is 9.59 Å². The first-order chi connectivity index (χ1) is 6.07. The molecule has 0 heterocycles. The van der Waals surface area contributed by atoms with Crippen LogP contribution in [-0.4, -0.2) is 29.7 Å². The van der Waals surface area contributed by atoms with Crippen molar-refractivity contribution in [1.29, 1.82) is 0 Å². The fourth-order valence-electron chi connectivity index (χ4n) is 0.696. The van der Waals surface area contributed by atoms with E-state index in [4.69, 9.17) is 15.6 Å². The molecule has 0 bridgehead atoms. The van der Waals surface area contributed by atoms with Gasteiger partial charge in [-0.25, -0.2) is 0 Å². The third-order valence-corrected chi connectivity index (χ3v) is 1.44. The van der Waals surface area contributed by atoms with Crippen molar-refractivity contribution in [3.05, 3.63) is 0 Å². The molecule has 0 aromatic heterocycles. The molecule has 0 aliphatic carbocycles. The van der Waals surface area contributed by atoms with Crippen molar-refractivity contribution < 1.29 is 19.4 Å². The summed E-state index contributed by atoms with van der Waals surface area (Å²) in [5.41, 5.74) is 5.25. The first-order valence-electron chi connectivity index (χ1n) is 4.22. The van der Waals surface area contributed by atoms with E-state index in [9.17, 15) is 9.59 Å². The van der Waals surface area contributed by atoms with Crippen molar-refractivity contribution in [3.8, 4) is 0 Å². The van der Waals surface area contributed by atoms with E-state index in [1.165, 1.54) is 0 Å². The minimum atomic E-state index is -1.10. The van der Waals surface area contributed by atoms with E-state index >= 15 is 0 Å². The van der Waals surface area contributed by atoms with Crippen molar-refractivity contribution in [2.24, 2.45) is 5.73 Å². The molecule has 0 unspecified atom stereocenters. The Morgan fingerprint density at radius 3 is 2.50 bits per heavy atom. The monoisotopic (exact) mass is 225 g/mol. The van der Waals surface area contributed by atoms with Crippen LogP contribution in [0.5, 0.6) is 0 Å². The smallest absolute Gasteiger partial charge is 0.323 e. The highest BCUT2D eigenvalue weighted by atomic mass is 35.5. The van der Waals surface area contributed by atoms with Crippen LogP contribution in [0.25, 0.3) is 0 Å². The molecule has 0 aromatic carbocycles. The Morgan fingerprint density at radius 1 is 1.50 bits per heavy atom. The quantitative estimate of drug-likeness (QED) is 0.509. The van der Waals surface area contributed by atoms with Gasteiger partial charge in [0.15, 0.2) is 0 Å². The van der Waals surface area contributed by atoms with E-state index in [0.29, 0.717) is 6.61 Å². The summed E-state index contributed by atoms with van der Waals surface area (Å²) in [5.74, 6) is -1.74. The number of carboxylic acids is 1. The number of ether oxygens (including phenoxy) is 1. The summed E-state index contributed by atoms with van der Waals surface area (Å²) in [5, 5.41) is 8.32. The number of esters is 1. The second-order valence-corrected chi connectivity index (χ2v) is 2.73. The van der Waals surface area contributed by atoms with Crippen molar-refractivity contribution in [1.82, 2.24) is 0 Å². The Bertz CT molecular complexity index is 186. The highest BCUT2D eigenvalue weighted by Gasteiger charge is 2.17. The van der Waals surface area contributed by atoms with E-state index in [1.54, 1.807) is 0 Å². The number of unbranched alkanes of at least 4 members (excludes halogenated alkanes) is 1. The van der Waals surface area contributed by atoms with E-state index in [0.717, 1.165) is 12.8 Å². The Balaban J connectivity index is 0. The molecule has 1 atom stereocenters. The molecule has 6 heteroatoms. The molecule has 0 fully saturated rings. The summed E-state index contributed by atoms with van der Waals surface area (Å²) in [7, 11) is 0. The number of carbonyl (C=O) groups is 2. The molecule has 5 nitrogen and oxygen atoms in total. The summed E-state index contributed by atoms with van der Waals surface area (Å²) in [6, 6.07) is -1.05. The van der Waals surface area contributed by atoms with Crippen LogP contribution in [-0.2, 0) is 14.3 Å². The average molecular weight is 226 g/mol. The van der Waals surface area contributed by atoms with Crippen LogP contribution in [0.2, 0.25) is 0 Å². The number of aliphatic carboxylic acids is 1. The highest BCUT2D eigenvalue weighted by molar-refractivity contribution is 5.85. The van der Waals surface area contributed by atoms with Crippen molar-refractivity contribution in [2.45, 2.75) is 32.2 Å². The van der Waals surface area contributed by atoms with E-state index in [2.05, 4.69) is 0 Å². The van der Waals surface area contributed by atoms with Crippen LogP contribution in [0.3, 0.4) is 0 Å². The zero-order valence-corrected chi connectivity index (χ0v) is 8.88. The molecule has 0 aromatic rings. The molecule has 0 radical (unpaired) electrons. The Labute approximate surface area is 89.0 Å². The molecule has 0 saturated heterocycles. The van der Waals surface area contributed by atoms with Gasteiger partial charge in [0.05, 0.1) is 13.0 Å². The third-order valence-electron chi connectivity index (χ3n) is 1.44. The van der Waals surface area contributed by atoms with Gasteiger partial charge < -0.3 is 15.6 Å². The van der Waals surface area contributed by atoms with Crippen molar-refractivity contribution in [2.75, 3.05) is 6.61 Å². The lowest BCUT2D eigenvalue weighted by Crippen LogP contribution is -2.34. The van der Waals surface area contributed by atoms with Gasteiger partial charge in [-0.05, 0) is 6.42 Å². The van der Waals surface area contributed by atoms with E-state index in [1.807, 2.05) is 6.92 Å². The molecule has 0 amide bonds. The van der Waals surface area contributed by atoms with Gasteiger partial charge in [-0.15, -0.1) is 12.4 Å². The fourth-order valence-corrected chi connectivity index (χ4v) is 0.696. The van der Waals surface area contributed by atoms with Crippen LogP contribution in [0.4, 0.5) is 0 Å². The number of hydrogen-bond donors (Lipinski definition) is 2. The van der Waals surface area contributed by atoms with Gasteiger partial charge in [-0.1, -0.05) is 13.3 Å². The van der Waals surface area contributed by atoms with Crippen molar-refractivity contribution in [3.63, 3.8) is 0 Å². The average Bonchev–Trinajstić information content (AvgIpc) is 2.03. The molecule has 0 spiro atoms. The minimum absolute atomic E-state index is 0. The number of halogens is 1. The number of carbonyl (C=O) groups excluding carboxylic acids is 1. The maximum Gasteiger partial charge on any atom is 0.323 e. The predicted octanol–water partition coefficient (Wildman–Crippen LogP) is 0.553. The SMILES string of the molecule is CCCCOC(=O)[C@H](N)CC(=O)O.Cl. The molecule has 0 saturated carbocycles. The number of carboxylic acid groups (broad SMARTS) is 1. The molecule has 14 heavy (non-hydrogen) atoms. The first-order valence-corrected chi connectivity index (χ1v) is 4.22. The Hall–Kier alpha value is -0.810. The standard InChI is InChI=1S/C8H15NO4.ClH/c1-2-3-4-13-8(12)6(9)5-7(10)11;/h6H,2-5,9H2,1H3,(H,10,11);1H/t6-;/m1./s1. The van der Waals surface area contributed by atoms with E-state index < -0.39 is 18.0 Å². The Morgan fingerprint density at radius 2 is 2.07 bits per heavy atom. The minimum Gasteiger partial charge on any atom is -0.481 e.